The summed E-state index contributed by atoms with van der Waals surface area (Å²) in [7, 11) is 1.45. The third-order valence-corrected chi connectivity index (χ3v) is 5.17. The molecule has 1 N–H and O–H groups in total. The molecule has 1 aromatic rings. The Bertz CT molecular complexity index is 848. The Labute approximate surface area is 188 Å². The van der Waals surface area contributed by atoms with E-state index < -0.39 is 47.5 Å². The van der Waals surface area contributed by atoms with Crippen LogP contribution in [-0.4, -0.2) is 70.1 Å². The van der Waals surface area contributed by atoms with Crippen molar-refractivity contribution in [3.63, 3.8) is 0 Å². The van der Waals surface area contributed by atoms with Gasteiger partial charge in [0.2, 0.25) is 5.91 Å². The maximum absolute atomic E-state index is 13.1. The number of likely N-dealkylation sites (tertiary alicyclic amines) is 1. The zero-order valence-electron chi connectivity index (χ0n) is 19.4. The zero-order chi connectivity index (χ0) is 24.2. The number of hydrogen-bond donors (Lipinski definition) is 1. The number of amides is 2. The number of benzene rings is 1. The molecule has 0 radical (unpaired) electrons. The molecule has 0 aliphatic carbocycles. The number of carboxylic acids is 1. The highest BCUT2D eigenvalue weighted by Crippen LogP contribution is 2.30. The second kappa shape index (κ2) is 10.0. The van der Waals surface area contributed by atoms with Crippen molar-refractivity contribution in [1.29, 1.82) is 0 Å². The summed E-state index contributed by atoms with van der Waals surface area (Å²) in [6.07, 6.45) is -0.792. The first-order chi connectivity index (χ1) is 14.8. The topological polar surface area (TPSA) is 113 Å². The molecule has 9 nitrogen and oxygen atoms in total. The van der Waals surface area contributed by atoms with Crippen molar-refractivity contribution < 1.29 is 33.8 Å². The van der Waals surface area contributed by atoms with Crippen LogP contribution in [0.4, 0.5) is 4.79 Å². The van der Waals surface area contributed by atoms with Crippen LogP contribution in [0.5, 0.6) is 0 Å². The van der Waals surface area contributed by atoms with E-state index in [0.29, 0.717) is 0 Å². The number of carboxylic acid groups (broad SMARTS) is 1. The van der Waals surface area contributed by atoms with Crippen molar-refractivity contribution in [2.75, 3.05) is 13.6 Å². The fraction of sp³-hybridized carbons (Fsp3) is 0.565. The Morgan fingerprint density at radius 2 is 1.75 bits per heavy atom. The molecule has 2 rings (SSSR count). The van der Waals surface area contributed by atoms with E-state index in [0.717, 1.165) is 10.5 Å². The van der Waals surface area contributed by atoms with Gasteiger partial charge in [-0.15, -0.1) is 0 Å². The summed E-state index contributed by atoms with van der Waals surface area (Å²) < 4.78 is 10.6. The fourth-order valence-corrected chi connectivity index (χ4v) is 3.62. The van der Waals surface area contributed by atoms with E-state index in [1.54, 1.807) is 34.6 Å². The molecule has 1 aliphatic rings. The number of esters is 1. The van der Waals surface area contributed by atoms with E-state index in [4.69, 9.17) is 9.47 Å². The van der Waals surface area contributed by atoms with E-state index in [-0.39, 0.29) is 19.1 Å². The maximum atomic E-state index is 13.1. The lowest BCUT2D eigenvalue weighted by atomic mass is 9.86. The Morgan fingerprint density at radius 1 is 1.16 bits per heavy atom. The zero-order valence-corrected chi connectivity index (χ0v) is 19.4. The van der Waals surface area contributed by atoms with Crippen LogP contribution in [0, 0.1) is 11.8 Å². The van der Waals surface area contributed by atoms with E-state index >= 15 is 0 Å². The molecule has 1 saturated heterocycles. The minimum Gasteiger partial charge on any atom is -0.480 e. The molecular formula is C23H32N2O7. The van der Waals surface area contributed by atoms with Crippen molar-refractivity contribution in [1.82, 2.24) is 9.80 Å². The van der Waals surface area contributed by atoms with Crippen LogP contribution in [0.15, 0.2) is 30.3 Å². The van der Waals surface area contributed by atoms with Crippen LogP contribution in [0.2, 0.25) is 0 Å². The van der Waals surface area contributed by atoms with Gasteiger partial charge < -0.3 is 19.5 Å². The first-order valence-electron chi connectivity index (χ1n) is 10.5. The molecule has 32 heavy (non-hydrogen) atoms. The van der Waals surface area contributed by atoms with Crippen LogP contribution in [-0.2, 0) is 30.5 Å². The summed E-state index contributed by atoms with van der Waals surface area (Å²) in [6.45, 7) is 8.54. The molecule has 1 aromatic carbocycles. The minimum atomic E-state index is -1.35. The Hall–Kier alpha value is -3.10. The number of nitrogens with zero attached hydrogens (tertiary/aromatic N) is 2. The molecule has 1 heterocycles. The summed E-state index contributed by atoms with van der Waals surface area (Å²) in [5.41, 5.74) is 0.0207. The normalized spacial score (nSPS) is 19.0. The van der Waals surface area contributed by atoms with Crippen molar-refractivity contribution in [2.45, 2.75) is 58.9 Å². The lowest BCUT2D eigenvalue weighted by Crippen LogP contribution is -2.67. The van der Waals surface area contributed by atoms with Gasteiger partial charge >= 0.3 is 18.0 Å². The van der Waals surface area contributed by atoms with E-state index in [9.17, 15) is 24.3 Å². The van der Waals surface area contributed by atoms with Gasteiger partial charge in [0.25, 0.3) is 0 Å². The summed E-state index contributed by atoms with van der Waals surface area (Å²) in [6, 6.07) is 6.92. The summed E-state index contributed by atoms with van der Waals surface area (Å²) in [5, 5.41) is 9.61. The van der Waals surface area contributed by atoms with Gasteiger partial charge in [0.05, 0.1) is 5.92 Å². The number of likely N-dealkylation sites (N-methyl/N-ethyl adjacent to an activating group) is 1. The van der Waals surface area contributed by atoms with Crippen LogP contribution >= 0.6 is 0 Å². The molecular weight excluding hydrogens is 416 g/mol. The van der Waals surface area contributed by atoms with Gasteiger partial charge in [0.15, 0.2) is 0 Å². The maximum Gasteiger partial charge on any atom is 0.411 e. The first-order valence-corrected chi connectivity index (χ1v) is 10.5. The van der Waals surface area contributed by atoms with E-state index in [2.05, 4.69) is 0 Å². The van der Waals surface area contributed by atoms with Gasteiger partial charge in [0, 0.05) is 13.6 Å². The van der Waals surface area contributed by atoms with Gasteiger partial charge in [-0.25, -0.2) is 14.4 Å². The standard InChI is InChI=1S/C23H32N2O7/c1-14(2)17(21(29)31-13-15-10-8-7-9-11-15)24(6)19(26)16-12-25(18(16)20(27)28)22(30)32-23(3,4)5/h7-11,14,16-18H,12-13H2,1-6H3,(H,27,28)/t16-,17-,18-/m0/s1. The molecule has 1 aliphatic heterocycles. The molecule has 0 aromatic heterocycles. The minimum absolute atomic E-state index is 0.0680. The fourth-order valence-electron chi connectivity index (χ4n) is 3.62. The first kappa shape index (κ1) is 25.2. The predicted octanol–water partition coefficient (Wildman–Crippen LogP) is 2.53. The Kier molecular flexibility index (Phi) is 7.87. The quantitative estimate of drug-likeness (QED) is 0.638. The van der Waals surface area contributed by atoms with Crippen molar-refractivity contribution in [3.8, 4) is 0 Å². The van der Waals surface area contributed by atoms with Crippen LogP contribution in [0.25, 0.3) is 0 Å². The van der Waals surface area contributed by atoms with E-state index in [1.807, 2.05) is 30.3 Å². The molecule has 1 fully saturated rings. The molecule has 0 bridgehead atoms. The lowest BCUT2D eigenvalue weighted by Gasteiger charge is -2.46. The molecule has 0 saturated carbocycles. The Balaban J connectivity index is 2.09. The number of ether oxygens (including phenoxy) is 2. The number of aliphatic carboxylic acids is 1. The highest BCUT2D eigenvalue weighted by atomic mass is 16.6. The largest absolute Gasteiger partial charge is 0.480 e. The van der Waals surface area contributed by atoms with E-state index in [1.165, 1.54) is 11.9 Å². The average Bonchev–Trinajstić information content (AvgIpc) is 2.64. The molecule has 0 unspecified atom stereocenters. The van der Waals surface area contributed by atoms with Gasteiger partial charge in [-0.3, -0.25) is 9.69 Å². The van der Waals surface area contributed by atoms with Gasteiger partial charge in [-0.05, 0) is 32.3 Å². The number of rotatable bonds is 7. The van der Waals surface area contributed by atoms with Crippen LogP contribution in [0.3, 0.4) is 0 Å². The van der Waals surface area contributed by atoms with Crippen molar-refractivity contribution >= 4 is 23.9 Å². The molecule has 0 spiro atoms. The Morgan fingerprint density at radius 3 is 2.25 bits per heavy atom. The van der Waals surface area contributed by atoms with Gasteiger partial charge in [-0.1, -0.05) is 44.2 Å². The summed E-state index contributed by atoms with van der Waals surface area (Å²) in [5.74, 6) is -3.66. The molecule has 2 amide bonds. The van der Waals surface area contributed by atoms with Gasteiger partial charge in [0.1, 0.15) is 24.3 Å². The number of carbonyl (C=O) groups is 4. The van der Waals surface area contributed by atoms with Crippen molar-refractivity contribution in [3.05, 3.63) is 35.9 Å². The second-order valence-electron chi connectivity index (χ2n) is 9.25. The van der Waals surface area contributed by atoms with Gasteiger partial charge in [-0.2, -0.15) is 0 Å². The average molecular weight is 449 g/mol. The summed E-state index contributed by atoms with van der Waals surface area (Å²) in [4.78, 5) is 52.2. The third kappa shape index (κ3) is 5.99. The SMILES string of the molecule is CC(C)[C@@H](C(=O)OCc1ccccc1)N(C)C(=O)[C@H]1CN(C(=O)OC(C)(C)C)[C@@H]1C(=O)O. The molecule has 9 heteroatoms. The number of hydrogen-bond acceptors (Lipinski definition) is 6. The number of carbonyl (C=O) groups excluding carboxylic acids is 3. The monoisotopic (exact) mass is 448 g/mol. The smallest absolute Gasteiger partial charge is 0.411 e. The van der Waals surface area contributed by atoms with Crippen LogP contribution < -0.4 is 0 Å². The molecule has 176 valence electrons. The molecule has 3 atom stereocenters. The van der Waals surface area contributed by atoms with Crippen molar-refractivity contribution in [2.24, 2.45) is 11.8 Å². The third-order valence-electron chi connectivity index (χ3n) is 5.17. The highest BCUT2D eigenvalue weighted by molar-refractivity contribution is 5.94. The summed E-state index contributed by atoms with van der Waals surface area (Å²) >= 11 is 0. The van der Waals surface area contributed by atoms with Crippen LogP contribution in [0.1, 0.15) is 40.2 Å². The highest BCUT2D eigenvalue weighted by Gasteiger charge is 2.53. The second-order valence-corrected chi connectivity index (χ2v) is 9.25. The predicted molar refractivity (Wildman–Crippen MR) is 115 cm³/mol. The lowest BCUT2D eigenvalue weighted by molar-refractivity contribution is -0.167.